The number of ether oxygens (including phenoxy) is 2. The molecule has 0 aliphatic carbocycles. The average Bonchev–Trinajstić information content (AvgIpc) is 3.22. The SMILES string of the molecule is Cc1cc2c(F)c(Oc3ccnc(Nc4cccc(OC5CCN(S(C)(=O)=O)CC5)c4)n3)ccc2[nH]1. The van der Waals surface area contributed by atoms with E-state index in [1.165, 1.54) is 16.8 Å². The molecule has 36 heavy (non-hydrogen) atoms. The van der Waals surface area contributed by atoms with Gasteiger partial charge in [-0.15, -0.1) is 0 Å². The molecular formula is C25H26FN5O4S. The zero-order valence-corrected chi connectivity index (χ0v) is 20.7. The van der Waals surface area contributed by atoms with Crippen LogP contribution in [0, 0.1) is 12.7 Å². The van der Waals surface area contributed by atoms with Crippen LogP contribution in [0.3, 0.4) is 0 Å². The van der Waals surface area contributed by atoms with Gasteiger partial charge in [0.1, 0.15) is 11.9 Å². The minimum atomic E-state index is -3.18. The second kappa shape index (κ2) is 9.75. The molecule has 9 nitrogen and oxygen atoms in total. The molecule has 0 atom stereocenters. The predicted molar refractivity (Wildman–Crippen MR) is 135 cm³/mol. The molecule has 0 spiro atoms. The van der Waals surface area contributed by atoms with Gasteiger partial charge in [-0.3, -0.25) is 0 Å². The maximum Gasteiger partial charge on any atom is 0.230 e. The number of aromatic nitrogens is 3. The zero-order valence-electron chi connectivity index (χ0n) is 19.9. The van der Waals surface area contributed by atoms with E-state index in [9.17, 15) is 12.8 Å². The predicted octanol–water partition coefficient (Wildman–Crippen LogP) is 4.74. The van der Waals surface area contributed by atoms with Gasteiger partial charge in [0, 0.05) is 53.7 Å². The monoisotopic (exact) mass is 511 g/mol. The number of anilines is 2. The molecule has 3 heterocycles. The fraction of sp³-hybridized carbons (Fsp3) is 0.280. The molecule has 4 aromatic rings. The van der Waals surface area contributed by atoms with Crippen molar-refractivity contribution < 1.29 is 22.3 Å². The van der Waals surface area contributed by atoms with Crippen molar-refractivity contribution in [2.24, 2.45) is 0 Å². The zero-order chi connectivity index (χ0) is 25.3. The Morgan fingerprint density at radius 2 is 1.94 bits per heavy atom. The van der Waals surface area contributed by atoms with Gasteiger partial charge in [-0.05, 0) is 50.1 Å². The fourth-order valence-electron chi connectivity index (χ4n) is 4.19. The molecule has 2 aromatic heterocycles. The van der Waals surface area contributed by atoms with Crippen LogP contribution in [0.4, 0.5) is 16.0 Å². The highest BCUT2D eigenvalue weighted by molar-refractivity contribution is 7.88. The molecule has 1 aliphatic heterocycles. The van der Waals surface area contributed by atoms with E-state index >= 15 is 0 Å². The Bertz CT molecular complexity index is 1500. The van der Waals surface area contributed by atoms with E-state index in [2.05, 4.69) is 20.3 Å². The summed E-state index contributed by atoms with van der Waals surface area (Å²) in [6.07, 6.45) is 3.93. The molecule has 11 heteroatoms. The Balaban J connectivity index is 1.25. The first-order valence-electron chi connectivity index (χ1n) is 11.5. The van der Waals surface area contributed by atoms with E-state index in [4.69, 9.17) is 9.47 Å². The van der Waals surface area contributed by atoms with Crippen LogP contribution in [0.2, 0.25) is 0 Å². The van der Waals surface area contributed by atoms with E-state index in [0.717, 1.165) is 5.69 Å². The Hall–Kier alpha value is -3.70. The third-order valence-electron chi connectivity index (χ3n) is 5.94. The Morgan fingerprint density at radius 3 is 2.72 bits per heavy atom. The summed E-state index contributed by atoms with van der Waals surface area (Å²) >= 11 is 0. The topological polar surface area (TPSA) is 109 Å². The number of hydrogen-bond acceptors (Lipinski definition) is 7. The summed E-state index contributed by atoms with van der Waals surface area (Å²) in [6, 6.07) is 14.0. The first kappa shape index (κ1) is 24.0. The van der Waals surface area contributed by atoms with E-state index in [1.807, 2.05) is 31.2 Å². The molecule has 1 saturated heterocycles. The van der Waals surface area contributed by atoms with Gasteiger partial charge >= 0.3 is 0 Å². The van der Waals surface area contributed by atoms with Crippen LogP contribution in [0.1, 0.15) is 18.5 Å². The van der Waals surface area contributed by atoms with Crippen LogP contribution in [0.15, 0.2) is 54.7 Å². The highest BCUT2D eigenvalue weighted by atomic mass is 32.2. The maximum absolute atomic E-state index is 14.9. The molecular weight excluding hydrogens is 485 g/mol. The number of aryl methyl sites for hydroxylation is 1. The van der Waals surface area contributed by atoms with Crippen LogP contribution >= 0.6 is 0 Å². The summed E-state index contributed by atoms with van der Waals surface area (Å²) in [5.41, 5.74) is 2.26. The quantitative estimate of drug-likeness (QED) is 0.369. The summed E-state index contributed by atoms with van der Waals surface area (Å²) in [5, 5.41) is 3.57. The van der Waals surface area contributed by atoms with E-state index in [-0.39, 0.29) is 23.7 Å². The summed E-state index contributed by atoms with van der Waals surface area (Å²) in [5.74, 6) is 0.746. The van der Waals surface area contributed by atoms with Crippen LogP contribution in [-0.4, -0.2) is 53.1 Å². The van der Waals surface area contributed by atoms with E-state index in [1.54, 1.807) is 24.3 Å². The number of fused-ring (bicyclic) bond motifs is 1. The molecule has 5 rings (SSSR count). The smallest absolute Gasteiger partial charge is 0.230 e. The summed E-state index contributed by atoms with van der Waals surface area (Å²) in [7, 11) is -3.18. The normalized spacial score (nSPS) is 15.2. The first-order valence-corrected chi connectivity index (χ1v) is 13.4. The van der Waals surface area contributed by atoms with Crippen molar-refractivity contribution in [3.63, 3.8) is 0 Å². The molecule has 0 unspecified atom stereocenters. The van der Waals surface area contributed by atoms with Gasteiger partial charge in [0.05, 0.1) is 6.26 Å². The molecule has 2 N–H and O–H groups in total. The largest absolute Gasteiger partial charge is 0.490 e. The number of aromatic amines is 1. The van der Waals surface area contributed by atoms with Gasteiger partial charge in [-0.25, -0.2) is 22.1 Å². The number of hydrogen-bond donors (Lipinski definition) is 2. The Labute approximate surface area is 208 Å². The molecule has 1 aliphatic rings. The molecule has 0 amide bonds. The van der Waals surface area contributed by atoms with E-state index < -0.39 is 15.8 Å². The van der Waals surface area contributed by atoms with Crippen molar-refractivity contribution in [2.45, 2.75) is 25.9 Å². The lowest BCUT2D eigenvalue weighted by Crippen LogP contribution is -2.41. The molecule has 0 radical (unpaired) electrons. The van der Waals surface area contributed by atoms with Gasteiger partial charge in [0.25, 0.3) is 0 Å². The molecule has 1 fully saturated rings. The van der Waals surface area contributed by atoms with Gasteiger partial charge in [-0.1, -0.05) is 6.07 Å². The molecule has 0 bridgehead atoms. The van der Waals surface area contributed by atoms with Crippen molar-refractivity contribution in [1.82, 2.24) is 19.3 Å². The Kier molecular flexibility index (Phi) is 6.50. The summed E-state index contributed by atoms with van der Waals surface area (Å²) in [6.45, 7) is 2.75. The summed E-state index contributed by atoms with van der Waals surface area (Å²) in [4.78, 5) is 11.7. The number of H-pyrrole nitrogens is 1. The Morgan fingerprint density at radius 1 is 1.14 bits per heavy atom. The number of sulfonamides is 1. The van der Waals surface area contributed by atoms with Crippen molar-refractivity contribution in [2.75, 3.05) is 24.7 Å². The second-order valence-corrected chi connectivity index (χ2v) is 10.7. The highest BCUT2D eigenvalue weighted by Crippen LogP contribution is 2.30. The highest BCUT2D eigenvalue weighted by Gasteiger charge is 2.26. The number of nitrogens with zero attached hydrogens (tertiary/aromatic N) is 3. The number of halogens is 1. The van der Waals surface area contributed by atoms with Crippen LogP contribution in [0.25, 0.3) is 10.9 Å². The molecule has 188 valence electrons. The van der Waals surface area contributed by atoms with Crippen molar-refractivity contribution in [3.8, 4) is 17.4 Å². The van der Waals surface area contributed by atoms with Crippen LogP contribution in [-0.2, 0) is 10.0 Å². The lowest BCUT2D eigenvalue weighted by molar-refractivity contribution is 0.135. The van der Waals surface area contributed by atoms with Gasteiger partial charge in [0.15, 0.2) is 11.6 Å². The van der Waals surface area contributed by atoms with Crippen LogP contribution in [0.5, 0.6) is 17.4 Å². The standard InChI is InChI=1S/C25H26FN5O4S/c1-16-14-20-21(28-16)6-7-22(24(20)26)35-23-8-11-27-25(30-23)29-17-4-3-5-19(15-17)34-18-9-12-31(13-10-18)36(2,32)33/h3-8,11,14-15,18,28H,9-10,12-13H2,1-2H3,(H,27,29,30). The maximum atomic E-state index is 14.9. The van der Waals surface area contributed by atoms with E-state index in [0.29, 0.717) is 48.3 Å². The van der Waals surface area contributed by atoms with Crippen LogP contribution < -0.4 is 14.8 Å². The third kappa shape index (κ3) is 5.42. The third-order valence-corrected chi connectivity index (χ3v) is 7.25. The lowest BCUT2D eigenvalue weighted by Gasteiger charge is -2.30. The average molecular weight is 512 g/mol. The van der Waals surface area contributed by atoms with Crippen molar-refractivity contribution >= 4 is 32.6 Å². The fourth-order valence-corrected chi connectivity index (χ4v) is 5.06. The number of benzene rings is 2. The van der Waals surface area contributed by atoms with Gasteiger partial charge in [0.2, 0.25) is 21.9 Å². The number of nitrogens with one attached hydrogen (secondary N) is 2. The minimum absolute atomic E-state index is 0.0673. The minimum Gasteiger partial charge on any atom is -0.490 e. The van der Waals surface area contributed by atoms with Gasteiger partial charge < -0.3 is 19.8 Å². The molecule has 2 aromatic carbocycles. The van der Waals surface area contributed by atoms with Crippen molar-refractivity contribution in [1.29, 1.82) is 0 Å². The summed E-state index contributed by atoms with van der Waals surface area (Å²) < 4.78 is 51.5. The molecule has 0 saturated carbocycles. The number of piperidine rings is 1. The van der Waals surface area contributed by atoms with Gasteiger partial charge in [-0.2, -0.15) is 4.98 Å². The first-order chi connectivity index (χ1) is 17.2. The number of rotatable bonds is 7. The van der Waals surface area contributed by atoms with Crippen molar-refractivity contribution in [3.05, 3.63) is 66.2 Å². The second-order valence-electron chi connectivity index (χ2n) is 8.74. The lowest BCUT2D eigenvalue weighted by atomic mass is 10.1.